The monoisotopic (exact) mass is 438 g/mol. The summed E-state index contributed by atoms with van der Waals surface area (Å²) in [6.07, 6.45) is 8.27. The third-order valence-corrected chi connectivity index (χ3v) is 8.60. The second-order valence-corrected chi connectivity index (χ2v) is 10.8. The minimum atomic E-state index is 0.407. The van der Waals surface area contributed by atoms with Crippen molar-refractivity contribution in [2.75, 3.05) is 51.2 Å². The van der Waals surface area contributed by atoms with Gasteiger partial charge in [-0.1, -0.05) is 18.2 Å². The zero-order valence-corrected chi connectivity index (χ0v) is 19.8. The van der Waals surface area contributed by atoms with Gasteiger partial charge in [0.1, 0.15) is 6.17 Å². The molecule has 31 heavy (non-hydrogen) atoms. The van der Waals surface area contributed by atoms with Gasteiger partial charge in [0.15, 0.2) is 0 Å². The van der Waals surface area contributed by atoms with Crippen LogP contribution < -0.4 is 10.2 Å². The molecule has 3 aliphatic rings. The Morgan fingerprint density at radius 2 is 1.90 bits per heavy atom. The number of nitrogens with one attached hydrogen (secondary N) is 1. The average molecular weight is 439 g/mol. The predicted octanol–water partition coefficient (Wildman–Crippen LogP) is 4.60. The van der Waals surface area contributed by atoms with E-state index in [0.717, 1.165) is 18.5 Å². The zero-order chi connectivity index (χ0) is 21.0. The highest BCUT2D eigenvalue weighted by Gasteiger charge is 2.35. The standard InChI is InChI=1S/C26H38N4S/c1-28(15-11-22-6-5-14-27-22)20-21-9-16-29(17-10-21)26-24-13-19-31-25(24)12-18-30(26)23-7-3-2-4-8-23/h2-4,7-8,13,19,21-22,26-27H,5-6,9-12,14-18,20H2,1H3. The molecule has 4 nitrogen and oxygen atoms in total. The molecular formula is C26H38N4S. The summed E-state index contributed by atoms with van der Waals surface area (Å²) in [5.41, 5.74) is 2.92. The Labute approximate surface area is 192 Å². The maximum Gasteiger partial charge on any atom is 0.109 e. The molecule has 1 N–H and O–H groups in total. The van der Waals surface area contributed by atoms with Gasteiger partial charge in [-0.3, -0.25) is 4.90 Å². The van der Waals surface area contributed by atoms with Gasteiger partial charge in [0.25, 0.3) is 0 Å². The van der Waals surface area contributed by atoms with E-state index in [4.69, 9.17) is 0 Å². The molecule has 2 aromatic rings. The van der Waals surface area contributed by atoms with Gasteiger partial charge < -0.3 is 15.1 Å². The number of thiophene rings is 1. The fraction of sp³-hybridized carbons (Fsp3) is 0.615. The quantitative estimate of drug-likeness (QED) is 0.682. The smallest absolute Gasteiger partial charge is 0.109 e. The van der Waals surface area contributed by atoms with Crippen molar-refractivity contribution in [2.45, 2.75) is 50.7 Å². The summed E-state index contributed by atoms with van der Waals surface area (Å²) in [4.78, 5) is 9.60. The topological polar surface area (TPSA) is 21.8 Å². The van der Waals surface area contributed by atoms with Crippen LogP contribution in [0.3, 0.4) is 0 Å². The lowest BCUT2D eigenvalue weighted by atomic mass is 9.94. The van der Waals surface area contributed by atoms with E-state index in [0.29, 0.717) is 6.17 Å². The van der Waals surface area contributed by atoms with Gasteiger partial charge in [0.05, 0.1) is 0 Å². The van der Waals surface area contributed by atoms with Gasteiger partial charge in [0.2, 0.25) is 0 Å². The van der Waals surface area contributed by atoms with E-state index >= 15 is 0 Å². The summed E-state index contributed by atoms with van der Waals surface area (Å²) >= 11 is 1.95. The molecule has 0 bridgehead atoms. The number of benzene rings is 1. The van der Waals surface area contributed by atoms with Gasteiger partial charge in [-0.05, 0) is 88.2 Å². The van der Waals surface area contributed by atoms with Crippen LogP contribution in [0.2, 0.25) is 0 Å². The molecule has 0 radical (unpaired) electrons. The molecule has 168 valence electrons. The summed E-state index contributed by atoms with van der Waals surface area (Å²) in [6, 6.07) is 14.2. The molecule has 5 rings (SSSR count). The normalized spacial score (nSPS) is 25.3. The molecule has 2 unspecified atom stereocenters. The van der Waals surface area contributed by atoms with Gasteiger partial charge in [-0.2, -0.15) is 0 Å². The molecule has 2 atom stereocenters. The van der Waals surface area contributed by atoms with Gasteiger partial charge in [-0.15, -0.1) is 11.3 Å². The van der Waals surface area contributed by atoms with Gasteiger partial charge in [-0.25, -0.2) is 0 Å². The minimum Gasteiger partial charge on any atom is -0.351 e. The van der Waals surface area contributed by atoms with Crippen LogP contribution >= 0.6 is 11.3 Å². The molecule has 0 spiro atoms. The van der Waals surface area contributed by atoms with E-state index < -0.39 is 0 Å². The van der Waals surface area contributed by atoms with Crippen LogP contribution in [-0.2, 0) is 6.42 Å². The van der Waals surface area contributed by atoms with Crippen LogP contribution in [0.25, 0.3) is 0 Å². The highest BCUT2D eigenvalue weighted by atomic mass is 32.1. The number of hydrogen-bond donors (Lipinski definition) is 1. The Bertz CT molecular complexity index is 808. The Kier molecular flexibility index (Phi) is 6.94. The number of anilines is 1. The lowest BCUT2D eigenvalue weighted by Crippen LogP contribution is -2.49. The van der Waals surface area contributed by atoms with Crippen molar-refractivity contribution >= 4 is 17.0 Å². The Hall–Kier alpha value is -1.40. The lowest BCUT2D eigenvalue weighted by molar-refractivity contribution is 0.109. The minimum absolute atomic E-state index is 0.407. The maximum atomic E-state index is 3.64. The molecule has 0 aliphatic carbocycles. The summed E-state index contributed by atoms with van der Waals surface area (Å²) in [5, 5.41) is 5.94. The predicted molar refractivity (Wildman–Crippen MR) is 132 cm³/mol. The fourth-order valence-corrected chi connectivity index (χ4v) is 6.77. The van der Waals surface area contributed by atoms with E-state index in [9.17, 15) is 0 Å². The van der Waals surface area contributed by atoms with Crippen molar-refractivity contribution in [3.8, 4) is 0 Å². The van der Waals surface area contributed by atoms with Crippen LogP contribution in [0.5, 0.6) is 0 Å². The van der Waals surface area contributed by atoms with E-state index in [1.807, 2.05) is 11.3 Å². The third-order valence-electron chi connectivity index (χ3n) is 7.61. The van der Waals surface area contributed by atoms with E-state index in [1.54, 1.807) is 10.4 Å². The van der Waals surface area contributed by atoms with Gasteiger partial charge in [0, 0.05) is 48.3 Å². The first-order valence-corrected chi connectivity index (χ1v) is 13.2. The molecule has 0 saturated carbocycles. The zero-order valence-electron chi connectivity index (χ0n) is 19.0. The van der Waals surface area contributed by atoms with Crippen LogP contribution in [0.4, 0.5) is 5.69 Å². The summed E-state index contributed by atoms with van der Waals surface area (Å²) < 4.78 is 0. The summed E-state index contributed by atoms with van der Waals surface area (Å²) in [7, 11) is 2.33. The molecule has 0 amide bonds. The number of likely N-dealkylation sites (tertiary alicyclic amines) is 1. The second-order valence-electron chi connectivity index (χ2n) is 9.78. The SMILES string of the molecule is CN(CCC1CCCN1)CC1CCN(C2c3ccsc3CCN2c2ccccc2)CC1. The summed E-state index contributed by atoms with van der Waals surface area (Å²) in [5.74, 6) is 0.841. The van der Waals surface area contributed by atoms with Crippen molar-refractivity contribution in [3.63, 3.8) is 0 Å². The van der Waals surface area contributed by atoms with E-state index in [-0.39, 0.29) is 0 Å². The Morgan fingerprint density at radius 3 is 2.68 bits per heavy atom. The highest BCUT2D eigenvalue weighted by molar-refractivity contribution is 7.10. The number of piperidine rings is 1. The Balaban J connectivity index is 1.19. The van der Waals surface area contributed by atoms with Crippen LogP contribution in [0.1, 0.15) is 48.7 Å². The van der Waals surface area contributed by atoms with Crippen molar-refractivity contribution in [2.24, 2.45) is 5.92 Å². The fourth-order valence-electron chi connectivity index (χ4n) is 5.87. The molecule has 2 saturated heterocycles. The van der Waals surface area contributed by atoms with Gasteiger partial charge >= 0.3 is 0 Å². The molecule has 5 heteroatoms. The van der Waals surface area contributed by atoms with E-state index in [1.165, 1.54) is 76.9 Å². The van der Waals surface area contributed by atoms with Crippen molar-refractivity contribution in [3.05, 3.63) is 52.2 Å². The van der Waals surface area contributed by atoms with Crippen molar-refractivity contribution < 1.29 is 0 Å². The van der Waals surface area contributed by atoms with Crippen LogP contribution in [0.15, 0.2) is 41.8 Å². The number of para-hydroxylation sites is 1. The first-order valence-electron chi connectivity index (χ1n) is 12.3. The van der Waals surface area contributed by atoms with Crippen LogP contribution in [0, 0.1) is 5.92 Å². The lowest BCUT2D eigenvalue weighted by Gasteiger charge is -2.46. The largest absolute Gasteiger partial charge is 0.351 e. The molecular weight excluding hydrogens is 400 g/mol. The van der Waals surface area contributed by atoms with Crippen molar-refractivity contribution in [1.29, 1.82) is 0 Å². The number of hydrogen-bond acceptors (Lipinski definition) is 5. The third kappa shape index (κ3) is 5.00. The van der Waals surface area contributed by atoms with Crippen LogP contribution in [-0.4, -0.2) is 62.2 Å². The molecule has 1 aromatic heterocycles. The molecule has 4 heterocycles. The number of nitrogens with zero attached hydrogens (tertiary/aromatic N) is 3. The van der Waals surface area contributed by atoms with Crippen molar-refractivity contribution in [1.82, 2.24) is 15.1 Å². The molecule has 2 fully saturated rings. The van der Waals surface area contributed by atoms with E-state index in [2.05, 4.69) is 68.8 Å². The summed E-state index contributed by atoms with van der Waals surface area (Å²) in [6.45, 7) is 7.27. The second kappa shape index (κ2) is 10.0. The molecule has 3 aliphatic heterocycles. The average Bonchev–Trinajstić information content (AvgIpc) is 3.50. The number of fused-ring (bicyclic) bond motifs is 1. The first-order chi connectivity index (χ1) is 15.3. The first kappa shape index (κ1) is 21.4. The highest BCUT2D eigenvalue weighted by Crippen LogP contribution is 2.40. The Morgan fingerprint density at radius 1 is 1.06 bits per heavy atom. The maximum absolute atomic E-state index is 3.64. The number of rotatable bonds is 7. The molecule has 1 aromatic carbocycles.